The first-order chi connectivity index (χ1) is 8.67. The molecule has 3 rings (SSSR count). The number of rotatable bonds is 1. The second-order valence-corrected chi connectivity index (χ2v) is 6.43. The van der Waals surface area contributed by atoms with Crippen LogP contribution in [0.25, 0.3) is 0 Å². The Morgan fingerprint density at radius 3 is 2.89 bits per heavy atom. The molecule has 1 aromatic carbocycles. The van der Waals surface area contributed by atoms with Crippen LogP contribution in [-0.4, -0.2) is 31.9 Å². The molecule has 2 heterocycles. The lowest BCUT2D eigenvalue weighted by molar-refractivity contribution is 0.259. The van der Waals surface area contributed by atoms with Gasteiger partial charge in [-0.15, -0.1) is 0 Å². The van der Waals surface area contributed by atoms with Gasteiger partial charge in [-0.2, -0.15) is 12.7 Å². The normalized spacial score (nSPS) is 27.2. The fraction of sp³-hybridized carbons (Fsp3) is 0.500. The third kappa shape index (κ3) is 2.11. The molecule has 1 aromatic rings. The number of para-hydroxylation sites is 1. The van der Waals surface area contributed by atoms with Crippen LogP contribution in [0.5, 0.6) is 0 Å². The maximum atomic E-state index is 12.2. The Hall–Kier alpha value is -1.11. The molecule has 0 aromatic heterocycles. The van der Waals surface area contributed by atoms with Gasteiger partial charge in [0.25, 0.3) is 0 Å². The summed E-state index contributed by atoms with van der Waals surface area (Å²) in [6.45, 7) is 2.19. The monoisotopic (exact) mass is 267 g/mol. The minimum atomic E-state index is -3.39. The molecule has 0 saturated carbocycles. The molecule has 1 atom stereocenters. The molecule has 0 bridgehead atoms. The van der Waals surface area contributed by atoms with E-state index in [0.717, 1.165) is 31.5 Å². The van der Waals surface area contributed by atoms with Crippen LogP contribution in [-0.2, 0) is 16.8 Å². The van der Waals surface area contributed by atoms with Gasteiger partial charge >= 0.3 is 10.2 Å². The second kappa shape index (κ2) is 4.53. The van der Waals surface area contributed by atoms with Crippen molar-refractivity contribution in [3.8, 4) is 0 Å². The van der Waals surface area contributed by atoms with Crippen LogP contribution >= 0.6 is 0 Å². The van der Waals surface area contributed by atoms with Crippen LogP contribution < -0.4 is 10.0 Å². The van der Waals surface area contributed by atoms with Gasteiger partial charge in [0.05, 0.1) is 5.69 Å². The van der Waals surface area contributed by atoms with Gasteiger partial charge < -0.3 is 5.32 Å². The molecule has 5 nitrogen and oxygen atoms in total. The highest BCUT2D eigenvalue weighted by atomic mass is 32.2. The topological polar surface area (TPSA) is 61.4 Å². The molecule has 0 radical (unpaired) electrons. The van der Waals surface area contributed by atoms with E-state index >= 15 is 0 Å². The van der Waals surface area contributed by atoms with E-state index in [4.69, 9.17) is 0 Å². The molecule has 2 aliphatic heterocycles. The zero-order chi connectivity index (χ0) is 12.6. The van der Waals surface area contributed by atoms with Crippen LogP contribution in [0.3, 0.4) is 0 Å². The summed E-state index contributed by atoms with van der Waals surface area (Å²) >= 11 is 0. The molecule has 0 unspecified atom stereocenters. The average molecular weight is 267 g/mol. The van der Waals surface area contributed by atoms with Crippen LogP contribution in [0.2, 0.25) is 0 Å². The summed E-state index contributed by atoms with van der Waals surface area (Å²) in [5.74, 6) is 0. The van der Waals surface area contributed by atoms with Gasteiger partial charge in [0, 0.05) is 19.1 Å². The van der Waals surface area contributed by atoms with E-state index in [-0.39, 0.29) is 6.04 Å². The van der Waals surface area contributed by atoms with Crippen molar-refractivity contribution < 1.29 is 8.42 Å². The van der Waals surface area contributed by atoms with Crippen molar-refractivity contribution in [1.29, 1.82) is 0 Å². The van der Waals surface area contributed by atoms with Gasteiger partial charge in [-0.05, 0) is 31.0 Å². The molecule has 2 aliphatic rings. The van der Waals surface area contributed by atoms with Crippen molar-refractivity contribution in [2.24, 2.45) is 0 Å². The standard InChI is InChI=1S/C12H17N3O2S/c16-18(17)14-12-6-2-1-4-10(12)9-15(18)11-5-3-7-13-8-11/h1-2,4,6,11,13-14H,3,5,7-9H2/t11-/m0/s1. The van der Waals surface area contributed by atoms with Crippen molar-refractivity contribution >= 4 is 15.9 Å². The van der Waals surface area contributed by atoms with Crippen molar-refractivity contribution in [2.45, 2.75) is 25.4 Å². The molecule has 0 aliphatic carbocycles. The molecule has 98 valence electrons. The molecular weight excluding hydrogens is 250 g/mol. The second-order valence-electron chi connectivity index (χ2n) is 4.81. The Morgan fingerprint density at radius 2 is 2.11 bits per heavy atom. The first-order valence-electron chi connectivity index (χ1n) is 6.25. The number of benzene rings is 1. The lowest BCUT2D eigenvalue weighted by atomic mass is 10.1. The number of fused-ring (bicyclic) bond motifs is 1. The van der Waals surface area contributed by atoms with E-state index in [9.17, 15) is 8.42 Å². The van der Waals surface area contributed by atoms with E-state index in [1.54, 1.807) is 4.31 Å². The largest absolute Gasteiger partial charge is 0.315 e. The Labute approximate surface area is 107 Å². The smallest absolute Gasteiger partial charge is 0.302 e. The lowest BCUT2D eigenvalue weighted by Gasteiger charge is -2.37. The highest BCUT2D eigenvalue weighted by Gasteiger charge is 2.34. The predicted octanol–water partition coefficient (Wildman–Crippen LogP) is 0.911. The van der Waals surface area contributed by atoms with E-state index in [1.165, 1.54) is 0 Å². The number of piperidine rings is 1. The third-order valence-corrected chi connectivity index (χ3v) is 5.09. The average Bonchev–Trinajstić information content (AvgIpc) is 2.38. The summed E-state index contributed by atoms with van der Waals surface area (Å²) in [5, 5.41) is 3.26. The van der Waals surface area contributed by atoms with Gasteiger partial charge in [-0.25, -0.2) is 0 Å². The fourth-order valence-electron chi connectivity index (χ4n) is 2.61. The van der Waals surface area contributed by atoms with Gasteiger partial charge in [0.1, 0.15) is 0 Å². The number of anilines is 1. The van der Waals surface area contributed by atoms with E-state index in [0.29, 0.717) is 12.2 Å². The number of nitrogens with one attached hydrogen (secondary N) is 2. The molecule has 1 saturated heterocycles. The maximum absolute atomic E-state index is 12.2. The molecule has 0 spiro atoms. The highest BCUT2D eigenvalue weighted by molar-refractivity contribution is 7.90. The zero-order valence-corrected chi connectivity index (χ0v) is 10.9. The summed E-state index contributed by atoms with van der Waals surface area (Å²) in [6.07, 6.45) is 1.95. The van der Waals surface area contributed by atoms with Crippen molar-refractivity contribution in [3.05, 3.63) is 29.8 Å². The Morgan fingerprint density at radius 1 is 1.28 bits per heavy atom. The van der Waals surface area contributed by atoms with E-state index in [2.05, 4.69) is 10.0 Å². The summed E-state index contributed by atoms with van der Waals surface area (Å²) < 4.78 is 28.7. The number of hydrogen-bond donors (Lipinski definition) is 2. The highest BCUT2D eigenvalue weighted by Crippen LogP contribution is 2.28. The minimum Gasteiger partial charge on any atom is -0.315 e. The van der Waals surface area contributed by atoms with Crippen LogP contribution in [0.4, 0.5) is 5.69 Å². The van der Waals surface area contributed by atoms with Crippen LogP contribution in [0.15, 0.2) is 24.3 Å². The molecular formula is C12H17N3O2S. The fourth-order valence-corrected chi connectivity index (χ4v) is 4.09. The SMILES string of the molecule is O=S1(=O)Nc2ccccc2CN1[C@H]1CCCNC1. The lowest BCUT2D eigenvalue weighted by Crippen LogP contribution is -2.51. The molecule has 1 fully saturated rings. The summed E-state index contributed by atoms with van der Waals surface area (Å²) in [5.41, 5.74) is 1.75. The molecule has 2 N–H and O–H groups in total. The predicted molar refractivity (Wildman–Crippen MR) is 70.4 cm³/mol. The van der Waals surface area contributed by atoms with Gasteiger partial charge in [0.2, 0.25) is 0 Å². The summed E-state index contributed by atoms with van der Waals surface area (Å²) in [7, 11) is -3.39. The van der Waals surface area contributed by atoms with Gasteiger partial charge in [0.15, 0.2) is 0 Å². The molecule has 6 heteroatoms. The van der Waals surface area contributed by atoms with Crippen molar-refractivity contribution in [3.63, 3.8) is 0 Å². The third-order valence-electron chi connectivity index (χ3n) is 3.57. The Bertz CT molecular complexity index is 538. The van der Waals surface area contributed by atoms with Crippen LogP contribution in [0.1, 0.15) is 18.4 Å². The van der Waals surface area contributed by atoms with E-state index in [1.807, 2.05) is 24.3 Å². The van der Waals surface area contributed by atoms with Crippen molar-refractivity contribution in [2.75, 3.05) is 17.8 Å². The number of nitrogens with zero attached hydrogens (tertiary/aromatic N) is 1. The zero-order valence-electron chi connectivity index (χ0n) is 10.1. The van der Waals surface area contributed by atoms with Gasteiger partial charge in [-0.3, -0.25) is 4.72 Å². The van der Waals surface area contributed by atoms with Crippen molar-refractivity contribution in [1.82, 2.24) is 9.62 Å². The maximum Gasteiger partial charge on any atom is 0.302 e. The summed E-state index contributed by atoms with van der Waals surface area (Å²) in [6, 6.07) is 7.63. The molecule has 18 heavy (non-hydrogen) atoms. The first-order valence-corrected chi connectivity index (χ1v) is 7.69. The minimum absolute atomic E-state index is 0.0598. The van der Waals surface area contributed by atoms with E-state index < -0.39 is 10.2 Å². The Kier molecular flexibility index (Phi) is 3.01. The quantitative estimate of drug-likeness (QED) is 0.795. The number of hydrogen-bond acceptors (Lipinski definition) is 3. The van der Waals surface area contributed by atoms with Crippen LogP contribution in [0, 0.1) is 0 Å². The Balaban J connectivity index is 1.91. The molecule has 0 amide bonds. The summed E-state index contributed by atoms with van der Waals surface area (Å²) in [4.78, 5) is 0. The van der Waals surface area contributed by atoms with Gasteiger partial charge in [-0.1, -0.05) is 18.2 Å². The first kappa shape index (κ1) is 12.0.